The van der Waals surface area contributed by atoms with Crippen LogP contribution >= 0.6 is 0 Å². The molecule has 5 heteroatoms. The third-order valence-electron chi connectivity index (χ3n) is 2.54. The van der Waals surface area contributed by atoms with Gasteiger partial charge in [0.25, 0.3) is 5.91 Å². The molecule has 1 aromatic rings. The van der Waals surface area contributed by atoms with Gasteiger partial charge in [-0.3, -0.25) is 4.79 Å². The molecule has 0 saturated heterocycles. The Hall–Kier alpha value is -1.91. The van der Waals surface area contributed by atoms with E-state index in [-0.39, 0.29) is 5.91 Å². The van der Waals surface area contributed by atoms with Crippen LogP contribution in [0.25, 0.3) is 0 Å². The Bertz CT molecular complexity index is 419. The van der Waals surface area contributed by atoms with Crippen molar-refractivity contribution in [3.05, 3.63) is 18.2 Å². The topological polar surface area (TPSA) is 67.6 Å². The van der Waals surface area contributed by atoms with Crippen molar-refractivity contribution >= 4 is 17.3 Å². The predicted octanol–water partition coefficient (Wildman–Crippen LogP) is 1.24. The lowest BCUT2D eigenvalue weighted by molar-refractivity contribution is -0.127. The van der Waals surface area contributed by atoms with E-state index in [0.717, 1.165) is 5.69 Å². The summed E-state index contributed by atoms with van der Waals surface area (Å²) in [6.07, 6.45) is -0.565. The first-order chi connectivity index (χ1) is 8.45. The van der Waals surface area contributed by atoms with Gasteiger partial charge in [-0.05, 0) is 26.0 Å². The lowest BCUT2D eigenvalue weighted by atomic mass is 10.2. The van der Waals surface area contributed by atoms with E-state index in [1.54, 1.807) is 13.0 Å². The first kappa shape index (κ1) is 14.2. The molecule has 1 unspecified atom stereocenters. The Morgan fingerprint density at radius 2 is 2.17 bits per heavy atom. The summed E-state index contributed by atoms with van der Waals surface area (Å²) >= 11 is 0. The van der Waals surface area contributed by atoms with Crippen LogP contribution in [0.1, 0.15) is 13.8 Å². The summed E-state index contributed by atoms with van der Waals surface area (Å²) in [5.74, 6) is 0.382. The number of hydrogen-bond acceptors (Lipinski definition) is 4. The third kappa shape index (κ3) is 3.55. The van der Waals surface area contributed by atoms with Crippen LogP contribution in [0.5, 0.6) is 5.75 Å². The highest BCUT2D eigenvalue weighted by Crippen LogP contribution is 2.27. The molecule has 1 amide bonds. The van der Waals surface area contributed by atoms with Crippen molar-refractivity contribution in [3.8, 4) is 5.75 Å². The number of hydrogen-bond donors (Lipinski definition) is 2. The third-order valence-corrected chi connectivity index (χ3v) is 2.54. The molecule has 18 heavy (non-hydrogen) atoms. The van der Waals surface area contributed by atoms with E-state index in [1.165, 1.54) is 0 Å². The van der Waals surface area contributed by atoms with E-state index in [2.05, 4.69) is 5.32 Å². The number of rotatable bonds is 5. The average Bonchev–Trinajstić information content (AvgIpc) is 2.31. The summed E-state index contributed by atoms with van der Waals surface area (Å²) in [7, 11) is 3.87. The van der Waals surface area contributed by atoms with Gasteiger partial charge in [0.2, 0.25) is 0 Å². The molecule has 1 aromatic carbocycles. The maximum Gasteiger partial charge on any atom is 0.260 e. The van der Waals surface area contributed by atoms with E-state index in [9.17, 15) is 4.79 Å². The number of nitrogens with zero attached hydrogens (tertiary/aromatic N) is 1. The van der Waals surface area contributed by atoms with E-state index < -0.39 is 6.10 Å². The summed E-state index contributed by atoms with van der Waals surface area (Å²) in [5.41, 5.74) is 7.34. The maximum absolute atomic E-state index is 11.6. The van der Waals surface area contributed by atoms with Crippen molar-refractivity contribution in [1.82, 2.24) is 5.32 Å². The van der Waals surface area contributed by atoms with Gasteiger partial charge in [0.15, 0.2) is 6.10 Å². The molecule has 5 nitrogen and oxygen atoms in total. The summed E-state index contributed by atoms with van der Waals surface area (Å²) in [6.45, 7) is 4.15. The van der Waals surface area contributed by atoms with Crippen LogP contribution in [0.4, 0.5) is 11.4 Å². The second-order valence-electron chi connectivity index (χ2n) is 4.27. The quantitative estimate of drug-likeness (QED) is 0.773. The van der Waals surface area contributed by atoms with Gasteiger partial charge in [-0.1, -0.05) is 0 Å². The van der Waals surface area contributed by atoms with E-state index in [4.69, 9.17) is 10.5 Å². The zero-order valence-corrected chi connectivity index (χ0v) is 11.4. The van der Waals surface area contributed by atoms with E-state index >= 15 is 0 Å². The Morgan fingerprint density at radius 3 is 2.72 bits per heavy atom. The Kier molecular flexibility index (Phi) is 4.83. The summed E-state index contributed by atoms with van der Waals surface area (Å²) in [6, 6.07) is 5.50. The van der Waals surface area contributed by atoms with Gasteiger partial charge in [0, 0.05) is 32.4 Å². The lowest BCUT2D eigenvalue weighted by Gasteiger charge is -2.18. The molecule has 0 aliphatic heterocycles. The second kappa shape index (κ2) is 6.14. The van der Waals surface area contributed by atoms with Crippen molar-refractivity contribution in [3.63, 3.8) is 0 Å². The van der Waals surface area contributed by atoms with Crippen LogP contribution in [0, 0.1) is 0 Å². The number of ether oxygens (including phenoxy) is 1. The van der Waals surface area contributed by atoms with Crippen LogP contribution in [-0.4, -0.2) is 32.7 Å². The Morgan fingerprint density at radius 1 is 1.50 bits per heavy atom. The number of benzene rings is 1. The molecule has 0 radical (unpaired) electrons. The fourth-order valence-electron chi connectivity index (χ4n) is 1.47. The molecule has 0 aliphatic carbocycles. The maximum atomic E-state index is 11.6. The Labute approximate surface area is 108 Å². The van der Waals surface area contributed by atoms with Crippen LogP contribution in [0.15, 0.2) is 18.2 Å². The van der Waals surface area contributed by atoms with E-state index in [1.807, 2.05) is 38.1 Å². The van der Waals surface area contributed by atoms with Gasteiger partial charge in [0.05, 0.1) is 5.69 Å². The van der Waals surface area contributed by atoms with Crippen LogP contribution < -0.4 is 20.7 Å². The Balaban J connectivity index is 2.83. The molecule has 3 N–H and O–H groups in total. The minimum Gasteiger partial charge on any atom is -0.479 e. The molecule has 0 spiro atoms. The molecule has 0 aliphatic rings. The van der Waals surface area contributed by atoms with Crippen molar-refractivity contribution < 1.29 is 9.53 Å². The molecule has 0 aromatic heterocycles. The number of nitrogens with one attached hydrogen (secondary N) is 1. The smallest absolute Gasteiger partial charge is 0.260 e. The standard InChI is InChI=1S/C13H21N3O2/c1-5-15-13(17)9(2)18-12-8-10(16(3)4)6-7-11(12)14/h6-9H,5,14H2,1-4H3,(H,15,17). The molecule has 0 heterocycles. The van der Waals surface area contributed by atoms with Gasteiger partial charge < -0.3 is 20.7 Å². The largest absolute Gasteiger partial charge is 0.479 e. The normalized spacial score (nSPS) is 11.8. The SMILES string of the molecule is CCNC(=O)C(C)Oc1cc(N(C)C)ccc1N. The molecule has 0 fully saturated rings. The number of anilines is 2. The fourth-order valence-corrected chi connectivity index (χ4v) is 1.47. The highest BCUT2D eigenvalue weighted by atomic mass is 16.5. The molecule has 100 valence electrons. The van der Waals surface area contributed by atoms with Crippen LogP contribution in [-0.2, 0) is 4.79 Å². The highest BCUT2D eigenvalue weighted by Gasteiger charge is 2.15. The fraction of sp³-hybridized carbons (Fsp3) is 0.462. The number of nitrogens with two attached hydrogens (primary N) is 1. The van der Waals surface area contributed by atoms with Crippen molar-refractivity contribution in [2.45, 2.75) is 20.0 Å². The summed E-state index contributed by atoms with van der Waals surface area (Å²) in [5, 5.41) is 2.71. The zero-order chi connectivity index (χ0) is 13.7. The minimum atomic E-state index is -0.565. The minimum absolute atomic E-state index is 0.146. The van der Waals surface area contributed by atoms with Crippen molar-refractivity contribution in [2.24, 2.45) is 0 Å². The number of carbonyl (C=O) groups excluding carboxylic acids is 1. The number of carbonyl (C=O) groups is 1. The van der Waals surface area contributed by atoms with Gasteiger partial charge in [-0.15, -0.1) is 0 Å². The van der Waals surface area contributed by atoms with Gasteiger partial charge in [-0.25, -0.2) is 0 Å². The lowest BCUT2D eigenvalue weighted by Crippen LogP contribution is -2.36. The van der Waals surface area contributed by atoms with Crippen LogP contribution in [0.3, 0.4) is 0 Å². The van der Waals surface area contributed by atoms with Gasteiger partial charge in [-0.2, -0.15) is 0 Å². The number of nitrogen functional groups attached to an aromatic ring is 1. The van der Waals surface area contributed by atoms with Crippen molar-refractivity contribution in [1.29, 1.82) is 0 Å². The average molecular weight is 251 g/mol. The summed E-state index contributed by atoms with van der Waals surface area (Å²) in [4.78, 5) is 13.5. The second-order valence-corrected chi connectivity index (χ2v) is 4.27. The first-order valence-electron chi connectivity index (χ1n) is 5.97. The molecular weight excluding hydrogens is 230 g/mol. The highest BCUT2D eigenvalue weighted by molar-refractivity contribution is 5.81. The number of amides is 1. The monoisotopic (exact) mass is 251 g/mol. The van der Waals surface area contributed by atoms with E-state index in [0.29, 0.717) is 18.0 Å². The molecule has 1 atom stereocenters. The number of likely N-dealkylation sites (N-methyl/N-ethyl adjacent to an activating group) is 1. The van der Waals surface area contributed by atoms with Crippen molar-refractivity contribution in [2.75, 3.05) is 31.3 Å². The molecule has 0 saturated carbocycles. The molecular formula is C13H21N3O2. The van der Waals surface area contributed by atoms with Gasteiger partial charge in [0.1, 0.15) is 5.75 Å². The first-order valence-corrected chi connectivity index (χ1v) is 5.97. The predicted molar refractivity (Wildman–Crippen MR) is 74.0 cm³/mol. The summed E-state index contributed by atoms with van der Waals surface area (Å²) < 4.78 is 5.59. The van der Waals surface area contributed by atoms with Gasteiger partial charge >= 0.3 is 0 Å². The zero-order valence-electron chi connectivity index (χ0n) is 11.4. The van der Waals surface area contributed by atoms with Crippen LogP contribution in [0.2, 0.25) is 0 Å². The molecule has 1 rings (SSSR count). The molecule has 0 bridgehead atoms.